The zero-order valence-corrected chi connectivity index (χ0v) is 10.8. The molecule has 1 unspecified atom stereocenters. The summed E-state index contributed by atoms with van der Waals surface area (Å²) in [6.07, 6.45) is 1.12. The van der Waals surface area contributed by atoms with Crippen LogP contribution in [0, 0.1) is 5.41 Å². The van der Waals surface area contributed by atoms with E-state index in [2.05, 4.69) is 37.6 Å². The molecule has 1 aliphatic heterocycles. The third-order valence-electron chi connectivity index (χ3n) is 3.27. The van der Waals surface area contributed by atoms with Gasteiger partial charge in [-0.1, -0.05) is 20.8 Å². The monoisotopic (exact) mass is 213 g/mol. The first-order chi connectivity index (χ1) is 6.98. The maximum Gasteiger partial charge on any atom is 0.0235 e. The van der Waals surface area contributed by atoms with Crippen molar-refractivity contribution in [2.45, 2.75) is 33.2 Å². The van der Waals surface area contributed by atoms with E-state index < -0.39 is 0 Å². The quantitative estimate of drug-likeness (QED) is 0.759. The molecule has 1 atom stereocenters. The van der Waals surface area contributed by atoms with Crippen LogP contribution in [0.25, 0.3) is 0 Å². The summed E-state index contributed by atoms with van der Waals surface area (Å²) in [6.45, 7) is 12.5. The summed E-state index contributed by atoms with van der Waals surface area (Å²) in [7, 11) is 2.23. The van der Waals surface area contributed by atoms with Crippen LogP contribution < -0.4 is 5.73 Å². The fourth-order valence-corrected chi connectivity index (χ4v) is 2.84. The number of nitrogens with zero attached hydrogens (tertiary/aromatic N) is 2. The molecular formula is C12H27N3. The Labute approximate surface area is 94.6 Å². The van der Waals surface area contributed by atoms with E-state index in [4.69, 9.17) is 5.73 Å². The van der Waals surface area contributed by atoms with Crippen LogP contribution in [-0.4, -0.2) is 55.6 Å². The SMILES string of the molecule is CCN1CC(C)(C)CN(C)CC1CCN. The summed E-state index contributed by atoms with van der Waals surface area (Å²) < 4.78 is 0. The fraction of sp³-hybridized carbons (Fsp3) is 1.00. The number of rotatable bonds is 3. The molecule has 2 N–H and O–H groups in total. The minimum Gasteiger partial charge on any atom is -0.330 e. The molecule has 3 heteroatoms. The maximum atomic E-state index is 5.70. The third kappa shape index (κ3) is 3.74. The average Bonchev–Trinajstić information content (AvgIpc) is 2.22. The van der Waals surface area contributed by atoms with Gasteiger partial charge >= 0.3 is 0 Å². The number of hydrogen-bond acceptors (Lipinski definition) is 3. The van der Waals surface area contributed by atoms with Gasteiger partial charge in [0.1, 0.15) is 0 Å². The van der Waals surface area contributed by atoms with Crippen molar-refractivity contribution in [2.24, 2.45) is 11.1 Å². The summed E-state index contributed by atoms with van der Waals surface area (Å²) in [6, 6.07) is 0.645. The van der Waals surface area contributed by atoms with Crippen LogP contribution in [0.2, 0.25) is 0 Å². The maximum absolute atomic E-state index is 5.70. The van der Waals surface area contributed by atoms with E-state index in [0.29, 0.717) is 11.5 Å². The minimum absolute atomic E-state index is 0.397. The lowest BCUT2D eigenvalue weighted by Crippen LogP contribution is -2.42. The van der Waals surface area contributed by atoms with Crippen molar-refractivity contribution < 1.29 is 0 Å². The Hall–Kier alpha value is -0.120. The van der Waals surface area contributed by atoms with Gasteiger partial charge in [-0.15, -0.1) is 0 Å². The molecule has 1 saturated heterocycles. The first-order valence-corrected chi connectivity index (χ1v) is 6.11. The highest BCUT2D eigenvalue weighted by Gasteiger charge is 2.31. The molecule has 0 aromatic heterocycles. The van der Waals surface area contributed by atoms with Gasteiger partial charge in [0.15, 0.2) is 0 Å². The first-order valence-electron chi connectivity index (χ1n) is 6.11. The Morgan fingerprint density at radius 2 is 2.00 bits per heavy atom. The van der Waals surface area contributed by atoms with Crippen molar-refractivity contribution in [1.82, 2.24) is 9.80 Å². The van der Waals surface area contributed by atoms with Crippen molar-refractivity contribution in [3.05, 3.63) is 0 Å². The van der Waals surface area contributed by atoms with E-state index in [1.807, 2.05) is 0 Å². The summed E-state index contributed by atoms with van der Waals surface area (Å²) in [5.41, 5.74) is 6.09. The first kappa shape index (κ1) is 12.9. The topological polar surface area (TPSA) is 32.5 Å². The number of hydrogen-bond donors (Lipinski definition) is 1. The van der Waals surface area contributed by atoms with Crippen molar-refractivity contribution in [1.29, 1.82) is 0 Å². The van der Waals surface area contributed by atoms with Gasteiger partial charge in [0.2, 0.25) is 0 Å². The summed E-state index contributed by atoms with van der Waals surface area (Å²) in [5.74, 6) is 0. The van der Waals surface area contributed by atoms with Gasteiger partial charge in [0, 0.05) is 25.7 Å². The molecule has 0 aromatic carbocycles. The van der Waals surface area contributed by atoms with Crippen LogP contribution in [0.3, 0.4) is 0 Å². The van der Waals surface area contributed by atoms with E-state index in [9.17, 15) is 0 Å². The Morgan fingerprint density at radius 1 is 1.33 bits per heavy atom. The predicted octanol–water partition coefficient (Wildman–Crippen LogP) is 0.997. The highest BCUT2D eigenvalue weighted by Crippen LogP contribution is 2.24. The molecule has 1 heterocycles. The van der Waals surface area contributed by atoms with E-state index in [1.165, 1.54) is 13.1 Å². The smallest absolute Gasteiger partial charge is 0.0235 e. The molecule has 0 saturated carbocycles. The van der Waals surface area contributed by atoms with E-state index in [-0.39, 0.29) is 0 Å². The minimum atomic E-state index is 0.397. The summed E-state index contributed by atoms with van der Waals surface area (Å²) in [5, 5.41) is 0. The lowest BCUT2D eigenvalue weighted by atomic mass is 9.92. The van der Waals surface area contributed by atoms with Gasteiger partial charge < -0.3 is 10.6 Å². The van der Waals surface area contributed by atoms with Gasteiger partial charge in [-0.2, -0.15) is 0 Å². The van der Waals surface area contributed by atoms with Crippen LogP contribution >= 0.6 is 0 Å². The number of likely N-dealkylation sites (N-methyl/N-ethyl adjacent to an activating group) is 2. The molecule has 0 radical (unpaired) electrons. The average molecular weight is 213 g/mol. The highest BCUT2D eigenvalue weighted by atomic mass is 15.2. The molecule has 1 aliphatic rings. The van der Waals surface area contributed by atoms with Crippen LogP contribution in [0.4, 0.5) is 0 Å². The molecule has 0 amide bonds. The molecule has 15 heavy (non-hydrogen) atoms. The predicted molar refractivity (Wildman–Crippen MR) is 66.0 cm³/mol. The molecule has 0 spiro atoms. The Morgan fingerprint density at radius 3 is 2.53 bits per heavy atom. The normalized spacial score (nSPS) is 29.0. The van der Waals surface area contributed by atoms with Gasteiger partial charge in [-0.25, -0.2) is 0 Å². The second kappa shape index (κ2) is 5.28. The standard InChI is InChI=1S/C12H27N3/c1-5-15-10-12(2,3)9-14(4)8-11(15)6-7-13/h11H,5-10,13H2,1-4H3. The van der Waals surface area contributed by atoms with Gasteiger partial charge in [-0.3, -0.25) is 4.90 Å². The zero-order chi connectivity index (χ0) is 11.5. The second-order valence-electron chi connectivity index (χ2n) is 5.66. The van der Waals surface area contributed by atoms with E-state index in [0.717, 1.165) is 26.1 Å². The molecule has 1 rings (SSSR count). The Kier molecular flexibility index (Phi) is 4.56. The molecule has 1 fully saturated rings. The van der Waals surface area contributed by atoms with E-state index in [1.54, 1.807) is 0 Å². The lowest BCUT2D eigenvalue weighted by Gasteiger charge is -2.32. The van der Waals surface area contributed by atoms with Crippen LogP contribution in [0.1, 0.15) is 27.2 Å². The molecule has 0 aromatic rings. The molecule has 3 nitrogen and oxygen atoms in total. The Bertz CT molecular complexity index is 191. The summed E-state index contributed by atoms with van der Waals surface area (Å²) in [4.78, 5) is 5.05. The van der Waals surface area contributed by atoms with Gasteiger partial charge in [0.05, 0.1) is 0 Å². The zero-order valence-electron chi connectivity index (χ0n) is 10.8. The fourth-order valence-electron chi connectivity index (χ4n) is 2.84. The molecule has 90 valence electrons. The second-order valence-corrected chi connectivity index (χ2v) is 5.66. The van der Waals surface area contributed by atoms with Crippen molar-refractivity contribution in [3.63, 3.8) is 0 Å². The van der Waals surface area contributed by atoms with E-state index >= 15 is 0 Å². The summed E-state index contributed by atoms with van der Waals surface area (Å²) >= 11 is 0. The largest absolute Gasteiger partial charge is 0.330 e. The van der Waals surface area contributed by atoms with Crippen molar-refractivity contribution in [3.8, 4) is 0 Å². The molecule has 0 aliphatic carbocycles. The van der Waals surface area contributed by atoms with Gasteiger partial charge in [-0.05, 0) is 32.0 Å². The van der Waals surface area contributed by atoms with Crippen LogP contribution in [0.5, 0.6) is 0 Å². The van der Waals surface area contributed by atoms with Crippen LogP contribution in [0.15, 0.2) is 0 Å². The van der Waals surface area contributed by atoms with Crippen molar-refractivity contribution in [2.75, 3.05) is 39.8 Å². The van der Waals surface area contributed by atoms with Crippen LogP contribution in [-0.2, 0) is 0 Å². The molecule has 0 bridgehead atoms. The van der Waals surface area contributed by atoms with Crippen molar-refractivity contribution >= 4 is 0 Å². The lowest BCUT2D eigenvalue weighted by molar-refractivity contribution is 0.160. The third-order valence-corrected chi connectivity index (χ3v) is 3.27. The molecular weight excluding hydrogens is 186 g/mol. The highest BCUT2D eigenvalue weighted by molar-refractivity contribution is 4.86. The Balaban J connectivity index is 2.71. The number of nitrogens with two attached hydrogens (primary N) is 1. The van der Waals surface area contributed by atoms with Gasteiger partial charge in [0.25, 0.3) is 0 Å².